The molecule has 0 unspecified atom stereocenters. The van der Waals surface area contributed by atoms with Gasteiger partial charge >= 0.3 is 0 Å². The molecule has 44 heavy (non-hydrogen) atoms. The first kappa shape index (κ1) is 29.3. The Hall–Kier alpha value is -4.75. The molecule has 0 spiro atoms. The molecule has 0 saturated carbocycles. The van der Waals surface area contributed by atoms with Crippen molar-refractivity contribution in [1.29, 1.82) is 0 Å². The third-order valence-corrected chi connectivity index (χ3v) is 8.88. The summed E-state index contributed by atoms with van der Waals surface area (Å²) in [5.41, 5.74) is 8.72. The normalized spacial score (nSPS) is 12.7. The van der Waals surface area contributed by atoms with Crippen molar-refractivity contribution in [1.82, 2.24) is 9.97 Å². The van der Waals surface area contributed by atoms with E-state index in [1.807, 2.05) is 30.3 Å². The summed E-state index contributed by atoms with van der Waals surface area (Å²) in [6.45, 7) is 1.07. The molecule has 13 heteroatoms. The molecule has 5 aromatic rings. The lowest BCUT2D eigenvalue weighted by molar-refractivity contribution is 0.101. The van der Waals surface area contributed by atoms with Crippen molar-refractivity contribution in [3.05, 3.63) is 83.2 Å². The van der Waals surface area contributed by atoms with Gasteiger partial charge in [0.25, 0.3) is 5.91 Å². The SMILES string of the molecule is COc1ccc2c(c1)-c1sc(N)nc1CCO2.COc1ccc2c(c1)-c1sc(NC(=O)c3c(F)cccc3F)nc1CCO2. The van der Waals surface area contributed by atoms with E-state index in [1.54, 1.807) is 20.3 Å². The van der Waals surface area contributed by atoms with E-state index < -0.39 is 23.1 Å². The molecule has 0 aliphatic carbocycles. The van der Waals surface area contributed by atoms with Crippen molar-refractivity contribution < 1.29 is 32.5 Å². The zero-order chi connectivity index (χ0) is 30.8. The number of thiazole rings is 2. The molecule has 0 fully saturated rings. The first-order valence-electron chi connectivity index (χ1n) is 13.5. The number of fused-ring (bicyclic) bond motifs is 6. The van der Waals surface area contributed by atoms with E-state index in [-0.39, 0.29) is 5.13 Å². The zero-order valence-electron chi connectivity index (χ0n) is 23.6. The van der Waals surface area contributed by atoms with Gasteiger partial charge in [0.1, 0.15) is 40.2 Å². The summed E-state index contributed by atoms with van der Waals surface area (Å²) in [7, 11) is 3.22. The minimum Gasteiger partial charge on any atom is -0.497 e. The standard InChI is InChI=1S/C19H14F2N2O3S.C12H12N2O2S/c1-25-10-5-6-15-11(9-10)17-14(7-8-26-15)22-19(27-17)23-18(24)16-12(20)3-2-4-13(16)21;1-15-7-2-3-10-8(6-7)11-9(4-5-16-10)14-12(13)17-11/h2-6,9H,7-8H2,1H3,(H,22,23,24);2-3,6H,4-5H2,1H3,(H2,13,14). The number of amides is 1. The Balaban J connectivity index is 0.000000173. The van der Waals surface area contributed by atoms with Gasteiger partial charge in [0.05, 0.1) is 48.6 Å². The minimum atomic E-state index is -0.922. The number of nitrogens with two attached hydrogens (primary N) is 1. The van der Waals surface area contributed by atoms with Crippen LogP contribution >= 0.6 is 22.7 Å². The van der Waals surface area contributed by atoms with E-state index in [0.717, 1.165) is 62.3 Å². The number of anilines is 2. The molecule has 1 amide bonds. The van der Waals surface area contributed by atoms with Crippen LogP contribution in [-0.4, -0.2) is 43.3 Å². The quantitative estimate of drug-likeness (QED) is 0.226. The first-order chi connectivity index (χ1) is 21.3. The van der Waals surface area contributed by atoms with Gasteiger partial charge in [0.2, 0.25) is 0 Å². The van der Waals surface area contributed by atoms with E-state index in [1.165, 1.54) is 28.7 Å². The van der Waals surface area contributed by atoms with Crippen LogP contribution in [0.1, 0.15) is 21.7 Å². The average Bonchev–Trinajstić information content (AvgIpc) is 3.49. The highest BCUT2D eigenvalue weighted by Gasteiger charge is 2.24. The number of benzene rings is 3. The topological polar surface area (TPSA) is 118 Å². The van der Waals surface area contributed by atoms with Gasteiger partial charge in [-0.05, 0) is 48.5 Å². The van der Waals surface area contributed by atoms with Crippen LogP contribution in [0, 0.1) is 11.6 Å². The van der Waals surface area contributed by atoms with Crippen LogP contribution in [-0.2, 0) is 12.8 Å². The minimum absolute atomic E-state index is 0.267. The average molecular weight is 637 g/mol. The molecular weight excluding hydrogens is 610 g/mol. The van der Waals surface area contributed by atoms with Crippen LogP contribution in [0.5, 0.6) is 23.0 Å². The van der Waals surface area contributed by atoms with Gasteiger partial charge in [0.15, 0.2) is 10.3 Å². The highest BCUT2D eigenvalue weighted by molar-refractivity contribution is 7.19. The number of aromatic nitrogens is 2. The third kappa shape index (κ3) is 5.88. The lowest BCUT2D eigenvalue weighted by Gasteiger charge is -2.08. The van der Waals surface area contributed by atoms with Crippen LogP contribution in [0.2, 0.25) is 0 Å². The highest BCUT2D eigenvalue weighted by atomic mass is 32.1. The molecule has 2 aromatic heterocycles. The maximum absolute atomic E-state index is 13.8. The van der Waals surface area contributed by atoms with Crippen LogP contribution in [0.4, 0.5) is 19.0 Å². The number of ether oxygens (including phenoxy) is 4. The molecule has 0 atom stereocenters. The number of nitrogens with one attached hydrogen (secondary N) is 1. The van der Waals surface area contributed by atoms with Crippen molar-refractivity contribution in [2.24, 2.45) is 0 Å². The fourth-order valence-electron chi connectivity index (χ4n) is 4.80. The number of hydrogen-bond acceptors (Lipinski definition) is 10. The third-order valence-electron chi connectivity index (χ3n) is 6.88. The summed E-state index contributed by atoms with van der Waals surface area (Å²) in [6, 6.07) is 14.5. The summed E-state index contributed by atoms with van der Waals surface area (Å²) in [5, 5.41) is 3.36. The zero-order valence-corrected chi connectivity index (χ0v) is 25.2. The van der Waals surface area contributed by atoms with Crippen molar-refractivity contribution >= 4 is 38.8 Å². The van der Waals surface area contributed by atoms with E-state index in [9.17, 15) is 13.6 Å². The van der Waals surface area contributed by atoms with Crippen LogP contribution in [0.25, 0.3) is 20.9 Å². The second-order valence-electron chi connectivity index (χ2n) is 9.59. The summed E-state index contributed by atoms with van der Waals surface area (Å²) < 4.78 is 49.6. The second-order valence-corrected chi connectivity index (χ2v) is 11.6. The monoisotopic (exact) mass is 636 g/mol. The van der Waals surface area contributed by atoms with Gasteiger partial charge in [-0.25, -0.2) is 18.7 Å². The first-order valence-corrected chi connectivity index (χ1v) is 15.1. The number of nitrogen functional groups attached to an aromatic ring is 1. The molecule has 7 rings (SSSR count). The number of carbonyl (C=O) groups is 1. The highest BCUT2D eigenvalue weighted by Crippen LogP contribution is 2.43. The largest absolute Gasteiger partial charge is 0.497 e. The lowest BCUT2D eigenvalue weighted by Crippen LogP contribution is -2.15. The summed E-state index contributed by atoms with van der Waals surface area (Å²) in [4.78, 5) is 23.0. The number of nitrogens with zero attached hydrogens (tertiary/aromatic N) is 2. The van der Waals surface area contributed by atoms with Crippen LogP contribution < -0.4 is 30.0 Å². The van der Waals surface area contributed by atoms with Crippen molar-refractivity contribution in [3.63, 3.8) is 0 Å². The summed E-state index contributed by atoms with van der Waals surface area (Å²) in [6.07, 6.45) is 1.34. The Morgan fingerprint density at radius 3 is 1.95 bits per heavy atom. The smallest absolute Gasteiger partial charge is 0.263 e. The van der Waals surface area contributed by atoms with Gasteiger partial charge in [-0.1, -0.05) is 28.7 Å². The Morgan fingerprint density at radius 2 is 1.39 bits per heavy atom. The fraction of sp³-hybridized carbons (Fsp3) is 0.194. The Morgan fingerprint density at radius 1 is 0.841 bits per heavy atom. The Labute approximate surface area is 259 Å². The fourth-order valence-corrected chi connectivity index (χ4v) is 6.73. The molecule has 9 nitrogen and oxygen atoms in total. The van der Waals surface area contributed by atoms with E-state index in [2.05, 4.69) is 15.3 Å². The number of hydrogen-bond donors (Lipinski definition) is 2. The molecule has 2 aliphatic heterocycles. The van der Waals surface area contributed by atoms with E-state index in [4.69, 9.17) is 24.7 Å². The predicted molar refractivity (Wildman–Crippen MR) is 165 cm³/mol. The molecular formula is C31H26F2N4O5S2. The van der Waals surface area contributed by atoms with E-state index in [0.29, 0.717) is 36.3 Å². The van der Waals surface area contributed by atoms with Gasteiger partial charge in [0, 0.05) is 24.0 Å². The van der Waals surface area contributed by atoms with Crippen molar-refractivity contribution in [2.75, 3.05) is 38.5 Å². The Kier molecular flexibility index (Phi) is 8.31. The van der Waals surface area contributed by atoms with Crippen LogP contribution in [0.3, 0.4) is 0 Å². The number of halogens is 2. The maximum atomic E-state index is 13.8. The molecule has 2 aliphatic rings. The van der Waals surface area contributed by atoms with E-state index >= 15 is 0 Å². The molecule has 226 valence electrons. The number of methoxy groups -OCH3 is 2. The molecule has 0 saturated heterocycles. The molecule has 0 bridgehead atoms. The Bertz CT molecular complexity index is 1840. The van der Waals surface area contributed by atoms with Gasteiger partial charge in [-0.3, -0.25) is 10.1 Å². The van der Waals surface area contributed by atoms with Gasteiger partial charge < -0.3 is 24.7 Å². The summed E-state index contributed by atoms with van der Waals surface area (Å²) >= 11 is 2.72. The number of carbonyl (C=O) groups excluding carboxylic acids is 1. The van der Waals surface area contributed by atoms with Gasteiger partial charge in [-0.15, -0.1) is 0 Å². The second kappa shape index (κ2) is 12.5. The van der Waals surface area contributed by atoms with Gasteiger partial charge in [-0.2, -0.15) is 0 Å². The van der Waals surface area contributed by atoms with Crippen molar-refractivity contribution in [3.8, 4) is 43.9 Å². The maximum Gasteiger partial charge on any atom is 0.263 e. The van der Waals surface area contributed by atoms with Crippen molar-refractivity contribution in [2.45, 2.75) is 12.8 Å². The lowest BCUT2D eigenvalue weighted by atomic mass is 10.1. The van der Waals surface area contributed by atoms with Crippen LogP contribution in [0.15, 0.2) is 54.6 Å². The summed E-state index contributed by atoms with van der Waals surface area (Å²) in [5.74, 6) is 0.314. The number of rotatable bonds is 4. The predicted octanol–water partition coefficient (Wildman–Crippen LogP) is 6.62. The molecule has 3 N–H and O–H groups in total. The molecule has 3 aromatic carbocycles. The molecule has 4 heterocycles. The molecule has 0 radical (unpaired) electrons.